The van der Waals surface area contributed by atoms with Gasteiger partial charge in [-0.2, -0.15) is 0 Å². The van der Waals surface area contributed by atoms with Gasteiger partial charge in [0.15, 0.2) is 0 Å². The molecule has 1 aromatic carbocycles. The zero-order valence-electron chi connectivity index (χ0n) is 11.0. The molecule has 4 nitrogen and oxygen atoms in total. The van der Waals surface area contributed by atoms with Crippen molar-refractivity contribution in [2.45, 2.75) is 30.7 Å². The molecule has 0 radical (unpaired) electrons. The number of piperidine rings is 1. The van der Waals surface area contributed by atoms with E-state index in [4.69, 9.17) is 0 Å². The van der Waals surface area contributed by atoms with Gasteiger partial charge in [0.25, 0.3) is 0 Å². The molecular formula is C13H19FN2O2S. The molecule has 1 aliphatic rings. The number of nitrogens with one attached hydrogen (secondary N) is 1. The van der Waals surface area contributed by atoms with Gasteiger partial charge in [0.1, 0.15) is 5.82 Å². The van der Waals surface area contributed by atoms with Crippen molar-refractivity contribution in [3.63, 3.8) is 0 Å². The summed E-state index contributed by atoms with van der Waals surface area (Å²) in [4.78, 5) is 2.41. The average Bonchev–Trinajstić information content (AvgIpc) is 2.40. The van der Waals surface area contributed by atoms with Gasteiger partial charge >= 0.3 is 0 Å². The van der Waals surface area contributed by atoms with Gasteiger partial charge < -0.3 is 4.90 Å². The van der Waals surface area contributed by atoms with E-state index in [9.17, 15) is 12.8 Å². The van der Waals surface area contributed by atoms with Crippen molar-refractivity contribution in [3.8, 4) is 0 Å². The number of rotatable bonds is 4. The summed E-state index contributed by atoms with van der Waals surface area (Å²) < 4.78 is 39.7. The lowest BCUT2D eigenvalue weighted by Gasteiger charge is -2.31. The summed E-state index contributed by atoms with van der Waals surface area (Å²) in [5, 5.41) is 0. The fourth-order valence-electron chi connectivity index (χ4n) is 2.27. The van der Waals surface area contributed by atoms with Crippen molar-refractivity contribution in [3.05, 3.63) is 30.1 Å². The molecule has 6 heteroatoms. The second-order valence-electron chi connectivity index (χ2n) is 4.78. The Morgan fingerprint density at radius 2 is 1.84 bits per heavy atom. The number of sulfonamides is 1. The summed E-state index contributed by atoms with van der Waals surface area (Å²) in [5.41, 5.74) is 0. The highest BCUT2D eigenvalue weighted by molar-refractivity contribution is 7.89. The molecule has 0 aromatic heterocycles. The quantitative estimate of drug-likeness (QED) is 0.914. The van der Waals surface area contributed by atoms with Crippen molar-refractivity contribution in [1.29, 1.82) is 0 Å². The second kappa shape index (κ2) is 5.98. The van der Waals surface area contributed by atoms with Crippen molar-refractivity contribution in [2.24, 2.45) is 0 Å². The standard InChI is InChI=1S/C13H19FN2O2S/c1-2-16-9-7-12(8-10-16)15-19(17,18)13-5-3-11(14)4-6-13/h3-6,12,15H,2,7-10H2,1H3. The molecule has 106 valence electrons. The molecule has 1 N–H and O–H groups in total. The first-order valence-corrected chi connectivity index (χ1v) is 8.00. The molecule has 1 aromatic rings. The van der Waals surface area contributed by atoms with E-state index in [0.29, 0.717) is 0 Å². The Bertz CT molecular complexity index is 508. The second-order valence-corrected chi connectivity index (χ2v) is 6.50. The zero-order chi connectivity index (χ0) is 13.9. The smallest absolute Gasteiger partial charge is 0.240 e. The third-order valence-electron chi connectivity index (χ3n) is 3.48. The van der Waals surface area contributed by atoms with Crippen LogP contribution in [0.15, 0.2) is 29.2 Å². The van der Waals surface area contributed by atoms with Gasteiger partial charge in [-0.3, -0.25) is 0 Å². The van der Waals surface area contributed by atoms with Crippen LogP contribution in [0.3, 0.4) is 0 Å². The molecular weight excluding hydrogens is 267 g/mol. The van der Waals surface area contributed by atoms with Crippen LogP contribution in [0.5, 0.6) is 0 Å². The maximum atomic E-state index is 12.8. The number of halogens is 1. The van der Waals surface area contributed by atoms with E-state index < -0.39 is 15.8 Å². The summed E-state index contributed by atoms with van der Waals surface area (Å²) >= 11 is 0. The minimum atomic E-state index is -3.54. The normalized spacial score (nSPS) is 18.6. The Hall–Kier alpha value is -0.980. The Balaban J connectivity index is 2.00. The van der Waals surface area contributed by atoms with E-state index in [1.165, 1.54) is 12.1 Å². The van der Waals surface area contributed by atoms with Crippen molar-refractivity contribution in [2.75, 3.05) is 19.6 Å². The fraction of sp³-hybridized carbons (Fsp3) is 0.538. The van der Waals surface area contributed by atoms with Crippen LogP contribution in [-0.4, -0.2) is 39.0 Å². The van der Waals surface area contributed by atoms with E-state index in [1.807, 2.05) is 0 Å². The molecule has 1 saturated heterocycles. The Kier molecular flexibility index (Phi) is 4.54. The maximum Gasteiger partial charge on any atom is 0.240 e. The molecule has 2 rings (SSSR count). The highest BCUT2D eigenvalue weighted by Gasteiger charge is 2.23. The van der Waals surface area contributed by atoms with Crippen molar-refractivity contribution >= 4 is 10.0 Å². The van der Waals surface area contributed by atoms with E-state index >= 15 is 0 Å². The van der Waals surface area contributed by atoms with Gasteiger partial charge in [0, 0.05) is 6.04 Å². The van der Waals surface area contributed by atoms with E-state index in [1.54, 1.807) is 0 Å². The lowest BCUT2D eigenvalue weighted by molar-refractivity contribution is 0.217. The summed E-state index contributed by atoms with van der Waals surface area (Å²) in [6.45, 7) is 4.92. The molecule has 0 unspecified atom stereocenters. The summed E-state index contributed by atoms with van der Waals surface area (Å²) in [7, 11) is -3.54. The number of likely N-dealkylation sites (tertiary alicyclic amines) is 1. The molecule has 0 aliphatic carbocycles. The Labute approximate surface area is 113 Å². The third kappa shape index (κ3) is 3.75. The van der Waals surface area contributed by atoms with Crippen LogP contribution in [0, 0.1) is 5.82 Å². The first kappa shape index (κ1) is 14.4. The molecule has 1 fully saturated rings. The van der Waals surface area contributed by atoms with Crippen molar-refractivity contribution in [1.82, 2.24) is 9.62 Å². The van der Waals surface area contributed by atoms with E-state index in [-0.39, 0.29) is 10.9 Å². The van der Waals surface area contributed by atoms with Crippen LogP contribution in [0.4, 0.5) is 4.39 Å². The summed E-state index contributed by atoms with van der Waals surface area (Å²) in [6.07, 6.45) is 1.63. The summed E-state index contributed by atoms with van der Waals surface area (Å²) in [6, 6.07) is 4.87. The van der Waals surface area contributed by atoms with Crippen LogP contribution in [0.25, 0.3) is 0 Å². The minimum Gasteiger partial charge on any atom is -0.303 e. The van der Waals surface area contributed by atoms with Crippen LogP contribution in [0.1, 0.15) is 19.8 Å². The van der Waals surface area contributed by atoms with E-state index in [0.717, 1.165) is 44.6 Å². The highest BCUT2D eigenvalue weighted by Crippen LogP contribution is 2.15. The topological polar surface area (TPSA) is 49.4 Å². The van der Waals surface area contributed by atoms with Gasteiger partial charge in [-0.1, -0.05) is 6.92 Å². The molecule has 1 heterocycles. The third-order valence-corrected chi connectivity index (χ3v) is 5.02. The maximum absolute atomic E-state index is 12.8. The number of benzene rings is 1. The molecule has 0 saturated carbocycles. The summed E-state index contributed by atoms with van der Waals surface area (Å²) in [5.74, 6) is -0.435. The molecule has 0 bridgehead atoms. The van der Waals surface area contributed by atoms with Crippen LogP contribution in [0.2, 0.25) is 0 Å². The molecule has 0 spiro atoms. The predicted octanol–water partition coefficient (Wildman–Crippen LogP) is 1.59. The number of nitrogens with zero attached hydrogens (tertiary/aromatic N) is 1. The first-order chi connectivity index (χ1) is 9.01. The van der Waals surface area contributed by atoms with E-state index in [2.05, 4.69) is 16.5 Å². The van der Waals surface area contributed by atoms with Crippen LogP contribution < -0.4 is 4.72 Å². The lowest BCUT2D eigenvalue weighted by Crippen LogP contribution is -2.44. The van der Waals surface area contributed by atoms with Gasteiger partial charge in [-0.05, 0) is 56.7 Å². The average molecular weight is 286 g/mol. The first-order valence-electron chi connectivity index (χ1n) is 6.51. The Morgan fingerprint density at radius 1 is 1.26 bits per heavy atom. The van der Waals surface area contributed by atoms with Crippen molar-refractivity contribution < 1.29 is 12.8 Å². The molecule has 0 amide bonds. The number of hydrogen-bond acceptors (Lipinski definition) is 3. The van der Waals surface area contributed by atoms with Gasteiger partial charge in [0.05, 0.1) is 4.90 Å². The SMILES string of the molecule is CCN1CCC(NS(=O)(=O)c2ccc(F)cc2)CC1. The van der Waals surface area contributed by atoms with Gasteiger partial charge in [-0.15, -0.1) is 0 Å². The molecule has 19 heavy (non-hydrogen) atoms. The molecule has 1 aliphatic heterocycles. The number of hydrogen-bond donors (Lipinski definition) is 1. The molecule has 0 atom stereocenters. The largest absolute Gasteiger partial charge is 0.303 e. The fourth-order valence-corrected chi connectivity index (χ4v) is 3.57. The highest BCUT2D eigenvalue weighted by atomic mass is 32.2. The van der Waals surface area contributed by atoms with Gasteiger partial charge in [-0.25, -0.2) is 17.5 Å². The zero-order valence-corrected chi connectivity index (χ0v) is 11.8. The monoisotopic (exact) mass is 286 g/mol. The van der Waals surface area contributed by atoms with Gasteiger partial charge in [0.2, 0.25) is 10.0 Å². The predicted molar refractivity (Wildman–Crippen MR) is 71.9 cm³/mol. The Morgan fingerprint density at radius 3 is 2.37 bits per heavy atom. The lowest BCUT2D eigenvalue weighted by atomic mass is 10.1. The van der Waals surface area contributed by atoms with Crippen LogP contribution >= 0.6 is 0 Å². The minimum absolute atomic E-state index is 0.0298. The van der Waals surface area contributed by atoms with Crippen LogP contribution in [-0.2, 0) is 10.0 Å².